The molecule has 3 heteroatoms. The van der Waals surface area contributed by atoms with Crippen LogP contribution in [0.3, 0.4) is 0 Å². The van der Waals surface area contributed by atoms with Gasteiger partial charge >= 0.3 is 0 Å². The van der Waals surface area contributed by atoms with Crippen LogP contribution in [0.4, 0.5) is 11.4 Å². The van der Waals surface area contributed by atoms with Gasteiger partial charge in [-0.3, -0.25) is 4.79 Å². The van der Waals surface area contributed by atoms with Crippen molar-refractivity contribution in [3.8, 4) is 0 Å². The van der Waals surface area contributed by atoms with Crippen LogP contribution in [-0.2, 0) is 11.2 Å². The van der Waals surface area contributed by atoms with Gasteiger partial charge < -0.3 is 10.2 Å². The molecule has 29 heavy (non-hydrogen) atoms. The standard InChI is InChI=1S/C26H44N2O/c1-7-9-11-13-16-26(5,6)25(29)27-23-21(4)19-20(3)22-15-18-28(24(22)23)17-14-12-10-8-2/h19H,7-18H2,1-6H3,(H,27,29). The Morgan fingerprint density at radius 1 is 1.00 bits per heavy atom. The van der Waals surface area contributed by atoms with E-state index >= 15 is 0 Å². The molecule has 1 aromatic rings. The zero-order chi connectivity index (χ0) is 21.4. The topological polar surface area (TPSA) is 32.3 Å². The molecule has 1 N–H and O–H groups in total. The second-order valence-corrected chi connectivity index (χ2v) is 9.66. The van der Waals surface area contributed by atoms with Crippen molar-refractivity contribution in [1.29, 1.82) is 0 Å². The van der Waals surface area contributed by atoms with E-state index in [1.165, 1.54) is 67.3 Å². The molecule has 0 bridgehead atoms. The van der Waals surface area contributed by atoms with Gasteiger partial charge in [0.1, 0.15) is 0 Å². The van der Waals surface area contributed by atoms with Gasteiger partial charge in [0.2, 0.25) is 5.91 Å². The second-order valence-electron chi connectivity index (χ2n) is 9.66. The van der Waals surface area contributed by atoms with E-state index in [2.05, 4.69) is 57.8 Å². The average molecular weight is 401 g/mol. The van der Waals surface area contributed by atoms with Gasteiger partial charge in [0.15, 0.2) is 0 Å². The molecule has 1 amide bonds. The first-order valence-corrected chi connectivity index (χ1v) is 12.0. The minimum absolute atomic E-state index is 0.168. The highest BCUT2D eigenvalue weighted by Gasteiger charge is 2.31. The van der Waals surface area contributed by atoms with Crippen molar-refractivity contribution < 1.29 is 4.79 Å². The Kier molecular flexibility index (Phi) is 9.04. The average Bonchev–Trinajstić information content (AvgIpc) is 3.10. The zero-order valence-corrected chi connectivity index (χ0v) is 19.9. The van der Waals surface area contributed by atoms with Crippen LogP contribution in [0.5, 0.6) is 0 Å². The number of unbranched alkanes of at least 4 members (excludes halogenated alkanes) is 6. The molecule has 1 heterocycles. The van der Waals surface area contributed by atoms with Crippen molar-refractivity contribution in [2.75, 3.05) is 23.3 Å². The monoisotopic (exact) mass is 400 g/mol. The Hall–Kier alpha value is -1.51. The maximum absolute atomic E-state index is 13.2. The first kappa shape index (κ1) is 23.8. The number of rotatable bonds is 12. The second kappa shape index (κ2) is 11.0. The molecule has 0 aromatic heterocycles. The predicted octanol–water partition coefficient (Wildman–Crippen LogP) is 7.18. The fourth-order valence-electron chi connectivity index (χ4n) is 4.53. The summed E-state index contributed by atoms with van der Waals surface area (Å²) in [6.45, 7) is 15.2. The Balaban J connectivity index is 2.16. The fraction of sp³-hybridized carbons (Fsp3) is 0.731. The highest BCUT2D eigenvalue weighted by molar-refractivity contribution is 5.99. The first-order valence-electron chi connectivity index (χ1n) is 12.0. The summed E-state index contributed by atoms with van der Waals surface area (Å²) in [6, 6.07) is 2.25. The van der Waals surface area contributed by atoms with Crippen LogP contribution in [0.1, 0.15) is 102 Å². The number of nitrogens with zero attached hydrogens (tertiary/aromatic N) is 1. The fourth-order valence-corrected chi connectivity index (χ4v) is 4.53. The molecule has 0 radical (unpaired) electrons. The van der Waals surface area contributed by atoms with Gasteiger partial charge in [-0.05, 0) is 49.8 Å². The molecule has 1 aromatic carbocycles. The van der Waals surface area contributed by atoms with E-state index in [0.29, 0.717) is 0 Å². The molecule has 0 fully saturated rings. The number of carbonyl (C=O) groups excluding carboxylic acids is 1. The van der Waals surface area contributed by atoms with Crippen LogP contribution in [0, 0.1) is 19.3 Å². The van der Waals surface area contributed by atoms with Crippen molar-refractivity contribution in [3.63, 3.8) is 0 Å². The normalized spacial score (nSPS) is 13.7. The molecule has 1 aliphatic rings. The molecule has 0 aliphatic carbocycles. The molecule has 164 valence electrons. The van der Waals surface area contributed by atoms with Gasteiger partial charge in [-0.25, -0.2) is 0 Å². The number of hydrogen-bond donors (Lipinski definition) is 1. The Morgan fingerprint density at radius 3 is 2.31 bits per heavy atom. The molecule has 0 spiro atoms. The van der Waals surface area contributed by atoms with E-state index in [-0.39, 0.29) is 11.3 Å². The van der Waals surface area contributed by atoms with Crippen molar-refractivity contribution in [1.82, 2.24) is 0 Å². The van der Waals surface area contributed by atoms with E-state index < -0.39 is 0 Å². The van der Waals surface area contributed by atoms with Gasteiger partial charge in [-0.2, -0.15) is 0 Å². The lowest BCUT2D eigenvalue weighted by molar-refractivity contribution is -0.124. The predicted molar refractivity (Wildman–Crippen MR) is 127 cm³/mol. The van der Waals surface area contributed by atoms with Gasteiger partial charge in [0.05, 0.1) is 11.4 Å². The molecule has 0 atom stereocenters. The molecule has 2 rings (SSSR count). The van der Waals surface area contributed by atoms with Crippen LogP contribution < -0.4 is 10.2 Å². The third-order valence-electron chi connectivity index (χ3n) is 6.56. The lowest BCUT2D eigenvalue weighted by atomic mass is 9.85. The van der Waals surface area contributed by atoms with E-state index in [1.54, 1.807) is 0 Å². The van der Waals surface area contributed by atoms with Crippen LogP contribution in [0.15, 0.2) is 6.07 Å². The maximum atomic E-state index is 13.2. The van der Waals surface area contributed by atoms with Crippen molar-refractivity contribution in [2.45, 2.75) is 106 Å². The van der Waals surface area contributed by atoms with Crippen molar-refractivity contribution in [2.24, 2.45) is 5.41 Å². The van der Waals surface area contributed by atoms with Crippen LogP contribution in [-0.4, -0.2) is 19.0 Å². The third kappa shape index (κ3) is 6.23. The molecule has 0 unspecified atom stereocenters. The molecule has 1 aliphatic heterocycles. The summed E-state index contributed by atoms with van der Waals surface area (Å²) in [5.74, 6) is 0.168. The lowest BCUT2D eigenvalue weighted by Gasteiger charge is -2.28. The summed E-state index contributed by atoms with van der Waals surface area (Å²) in [6.07, 6.45) is 12.0. The minimum Gasteiger partial charge on any atom is -0.369 e. The Morgan fingerprint density at radius 2 is 1.66 bits per heavy atom. The molecule has 0 saturated carbocycles. The van der Waals surface area contributed by atoms with Crippen LogP contribution >= 0.6 is 0 Å². The largest absolute Gasteiger partial charge is 0.369 e. The smallest absolute Gasteiger partial charge is 0.230 e. The number of amides is 1. The number of anilines is 2. The first-order chi connectivity index (χ1) is 13.8. The van der Waals surface area contributed by atoms with E-state index in [1.807, 2.05) is 0 Å². The van der Waals surface area contributed by atoms with Gasteiger partial charge in [-0.1, -0.05) is 78.7 Å². The lowest BCUT2D eigenvalue weighted by Crippen LogP contribution is -2.32. The summed E-state index contributed by atoms with van der Waals surface area (Å²) in [7, 11) is 0. The summed E-state index contributed by atoms with van der Waals surface area (Å²) < 4.78 is 0. The number of benzene rings is 1. The molecule has 0 saturated heterocycles. The van der Waals surface area contributed by atoms with Crippen LogP contribution in [0.2, 0.25) is 0 Å². The maximum Gasteiger partial charge on any atom is 0.230 e. The van der Waals surface area contributed by atoms with Gasteiger partial charge in [-0.15, -0.1) is 0 Å². The Bertz CT molecular complexity index is 678. The quantitative estimate of drug-likeness (QED) is 0.377. The molecule has 3 nitrogen and oxygen atoms in total. The van der Waals surface area contributed by atoms with E-state index in [9.17, 15) is 4.79 Å². The summed E-state index contributed by atoms with van der Waals surface area (Å²) in [5, 5.41) is 3.37. The zero-order valence-electron chi connectivity index (χ0n) is 19.9. The van der Waals surface area contributed by atoms with Crippen LogP contribution in [0.25, 0.3) is 0 Å². The summed E-state index contributed by atoms with van der Waals surface area (Å²) in [4.78, 5) is 15.7. The summed E-state index contributed by atoms with van der Waals surface area (Å²) >= 11 is 0. The van der Waals surface area contributed by atoms with Crippen molar-refractivity contribution in [3.05, 3.63) is 22.8 Å². The minimum atomic E-state index is -0.331. The van der Waals surface area contributed by atoms with Gasteiger partial charge in [0.25, 0.3) is 0 Å². The third-order valence-corrected chi connectivity index (χ3v) is 6.56. The highest BCUT2D eigenvalue weighted by atomic mass is 16.2. The van der Waals surface area contributed by atoms with E-state index in [0.717, 1.165) is 38.0 Å². The highest BCUT2D eigenvalue weighted by Crippen LogP contribution is 2.41. The molecular formula is C26H44N2O. The number of carbonyl (C=O) groups is 1. The SMILES string of the molecule is CCCCCCN1CCc2c(C)cc(C)c(NC(=O)C(C)(C)CCCCCC)c21. The van der Waals surface area contributed by atoms with Gasteiger partial charge in [0, 0.05) is 18.5 Å². The number of hydrogen-bond acceptors (Lipinski definition) is 2. The number of fused-ring (bicyclic) bond motifs is 1. The van der Waals surface area contributed by atoms with Crippen molar-refractivity contribution >= 4 is 17.3 Å². The summed E-state index contributed by atoms with van der Waals surface area (Å²) in [5.41, 5.74) is 6.02. The number of nitrogens with one attached hydrogen (secondary N) is 1. The number of aryl methyl sites for hydroxylation is 2. The molecular weight excluding hydrogens is 356 g/mol. The Labute approximate surface area is 179 Å². The van der Waals surface area contributed by atoms with E-state index in [4.69, 9.17) is 0 Å².